The summed E-state index contributed by atoms with van der Waals surface area (Å²) >= 11 is 0. The molecule has 0 saturated heterocycles. The summed E-state index contributed by atoms with van der Waals surface area (Å²) in [5, 5.41) is 10.2. The van der Waals surface area contributed by atoms with Crippen LogP contribution in [0.2, 0.25) is 0 Å². The molecule has 5 nitrogen and oxygen atoms in total. The Balaban J connectivity index is 1.86. The van der Waals surface area contributed by atoms with Crippen LogP contribution in [0.1, 0.15) is 33.1 Å². The van der Waals surface area contributed by atoms with Gasteiger partial charge in [-0.15, -0.1) is 0 Å². The average Bonchev–Trinajstić information content (AvgIpc) is 2.77. The van der Waals surface area contributed by atoms with Crippen molar-refractivity contribution in [1.82, 2.24) is 4.90 Å². The summed E-state index contributed by atoms with van der Waals surface area (Å²) in [5.74, 6) is 1.10. The van der Waals surface area contributed by atoms with Crippen LogP contribution in [-0.2, 0) is 6.42 Å². The second-order valence-electron chi connectivity index (χ2n) is 6.98. The Morgan fingerprint density at radius 1 is 0.966 bits per heavy atom. The van der Waals surface area contributed by atoms with E-state index in [9.17, 15) is 9.90 Å². The Morgan fingerprint density at radius 3 is 2.31 bits per heavy atom. The number of phenols is 1. The number of aromatic hydroxyl groups is 1. The lowest BCUT2D eigenvalue weighted by molar-refractivity contribution is 0.0691. The molecule has 0 fully saturated rings. The highest BCUT2D eigenvalue weighted by Gasteiger charge is 2.34. The van der Waals surface area contributed by atoms with Crippen molar-refractivity contribution in [2.24, 2.45) is 0 Å². The van der Waals surface area contributed by atoms with Crippen LogP contribution < -0.4 is 9.47 Å². The average molecular weight is 389 g/mol. The number of para-hydroxylation sites is 1. The van der Waals surface area contributed by atoms with Gasteiger partial charge in [0.2, 0.25) is 0 Å². The third-order valence-electron chi connectivity index (χ3n) is 5.38. The fourth-order valence-corrected chi connectivity index (χ4v) is 3.97. The van der Waals surface area contributed by atoms with Crippen molar-refractivity contribution in [2.45, 2.75) is 12.5 Å². The van der Waals surface area contributed by atoms with E-state index in [1.54, 1.807) is 32.4 Å². The first kappa shape index (κ1) is 18.9. The number of carbonyl (C=O) groups excluding carboxylic acids is 1. The molecule has 0 aromatic heterocycles. The number of methoxy groups -OCH3 is 2. The first-order valence-corrected chi connectivity index (χ1v) is 9.52. The van der Waals surface area contributed by atoms with E-state index in [4.69, 9.17) is 9.47 Å². The highest BCUT2D eigenvalue weighted by molar-refractivity contribution is 5.97. The van der Waals surface area contributed by atoms with Gasteiger partial charge in [0.05, 0.1) is 25.8 Å². The number of amides is 1. The Kier molecular flexibility index (Phi) is 5.12. The van der Waals surface area contributed by atoms with E-state index in [-0.39, 0.29) is 17.7 Å². The number of hydrogen-bond donors (Lipinski definition) is 1. The molecule has 1 heterocycles. The summed E-state index contributed by atoms with van der Waals surface area (Å²) < 4.78 is 11.0. The molecular formula is C24H23NO4. The Morgan fingerprint density at radius 2 is 1.62 bits per heavy atom. The van der Waals surface area contributed by atoms with Crippen molar-refractivity contribution >= 4 is 5.91 Å². The minimum Gasteiger partial charge on any atom is -0.507 e. The fraction of sp³-hybridized carbons (Fsp3) is 0.208. The molecule has 0 radical (unpaired) electrons. The lowest BCUT2D eigenvalue weighted by Gasteiger charge is -2.38. The largest absolute Gasteiger partial charge is 0.507 e. The zero-order valence-corrected chi connectivity index (χ0v) is 16.5. The molecule has 5 heteroatoms. The summed E-state index contributed by atoms with van der Waals surface area (Å²) in [7, 11) is 3.23. The quantitative estimate of drug-likeness (QED) is 0.727. The maximum atomic E-state index is 13.4. The van der Waals surface area contributed by atoms with E-state index in [1.807, 2.05) is 47.4 Å². The third-order valence-corrected chi connectivity index (χ3v) is 5.38. The summed E-state index contributed by atoms with van der Waals surface area (Å²) in [6.45, 7) is 0.537. The summed E-state index contributed by atoms with van der Waals surface area (Å²) in [6, 6.07) is 20.2. The van der Waals surface area contributed by atoms with Crippen LogP contribution in [-0.4, -0.2) is 36.7 Å². The van der Waals surface area contributed by atoms with Crippen LogP contribution >= 0.6 is 0 Å². The second-order valence-corrected chi connectivity index (χ2v) is 6.98. The van der Waals surface area contributed by atoms with E-state index >= 15 is 0 Å². The highest BCUT2D eigenvalue weighted by Crippen LogP contribution is 2.41. The molecule has 1 amide bonds. The second kappa shape index (κ2) is 7.87. The normalized spacial score (nSPS) is 15.5. The molecule has 0 bridgehead atoms. The highest BCUT2D eigenvalue weighted by atomic mass is 16.5. The summed E-state index contributed by atoms with van der Waals surface area (Å²) in [5.41, 5.74) is 3.43. The first-order chi connectivity index (χ1) is 14.1. The van der Waals surface area contributed by atoms with Crippen LogP contribution in [0, 0.1) is 0 Å². The number of fused-ring (bicyclic) bond motifs is 1. The first-order valence-electron chi connectivity index (χ1n) is 9.52. The van der Waals surface area contributed by atoms with Gasteiger partial charge in [-0.05, 0) is 47.4 Å². The van der Waals surface area contributed by atoms with E-state index in [2.05, 4.69) is 0 Å². The van der Waals surface area contributed by atoms with Crippen LogP contribution in [0.25, 0.3) is 0 Å². The van der Waals surface area contributed by atoms with Crippen molar-refractivity contribution in [3.05, 3.63) is 89.0 Å². The molecule has 0 aliphatic carbocycles. The van der Waals surface area contributed by atoms with Gasteiger partial charge in [-0.3, -0.25) is 4.79 Å². The lowest BCUT2D eigenvalue weighted by atomic mass is 9.87. The lowest BCUT2D eigenvalue weighted by Crippen LogP contribution is -2.40. The van der Waals surface area contributed by atoms with Crippen LogP contribution in [0.5, 0.6) is 17.2 Å². The zero-order valence-electron chi connectivity index (χ0n) is 16.5. The van der Waals surface area contributed by atoms with Crippen LogP contribution in [0.4, 0.5) is 0 Å². The van der Waals surface area contributed by atoms with Crippen molar-refractivity contribution in [3.8, 4) is 17.2 Å². The van der Waals surface area contributed by atoms with Gasteiger partial charge in [0.1, 0.15) is 5.75 Å². The van der Waals surface area contributed by atoms with Gasteiger partial charge in [-0.2, -0.15) is 0 Å². The predicted molar refractivity (Wildman–Crippen MR) is 111 cm³/mol. The Labute approximate surface area is 170 Å². The standard InChI is InChI=1S/C24H23NO4/c1-28-21-14-17-12-13-25(24(27)18-10-6-7-11-20(18)26)23(16-8-4-3-5-9-16)19(17)15-22(21)29-2/h3-11,14-15,23,26H,12-13H2,1-2H3. The minimum atomic E-state index is -0.285. The van der Waals surface area contributed by atoms with Crippen molar-refractivity contribution in [1.29, 1.82) is 0 Å². The van der Waals surface area contributed by atoms with E-state index < -0.39 is 0 Å². The number of ether oxygens (including phenoxy) is 2. The number of rotatable bonds is 4. The number of hydrogen-bond acceptors (Lipinski definition) is 4. The number of carbonyl (C=O) groups is 1. The van der Waals surface area contributed by atoms with Gasteiger partial charge in [0.15, 0.2) is 11.5 Å². The van der Waals surface area contributed by atoms with E-state index in [1.165, 1.54) is 6.07 Å². The molecule has 1 N–H and O–H groups in total. The number of nitrogens with zero attached hydrogens (tertiary/aromatic N) is 1. The van der Waals surface area contributed by atoms with Gasteiger partial charge < -0.3 is 19.5 Å². The fourth-order valence-electron chi connectivity index (χ4n) is 3.97. The molecule has 0 saturated carbocycles. The molecule has 4 rings (SSSR count). The zero-order chi connectivity index (χ0) is 20.4. The molecular weight excluding hydrogens is 366 g/mol. The number of phenolic OH excluding ortho intramolecular Hbond substituents is 1. The van der Waals surface area contributed by atoms with Crippen LogP contribution in [0.3, 0.4) is 0 Å². The molecule has 0 spiro atoms. The molecule has 148 valence electrons. The van der Waals surface area contributed by atoms with Gasteiger partial charge in [0.25, 0.3) is 5.91 Å². The van der Waals surface area contributed by atoms with Crippen molar-refractivity contribution < 1.29 is 19.4 Å². The smallest absolute Gasteiger partial charge is 0.258 e. The van der Waals surface area contributed by atoms with Crippen molar-refractivity contribution in [2.75, 3.05) is 20.8 Å². The van der Waals surface area contributed by atoms with Crippen LogP contribution in [0.15, 0.2) is 66.7 Å². The molecule has 29 heavy (non-hydrogen) atoms. The SMILES string of the molecule is COc1cc2c(cc1OC)C(c1ccccc1)N(C(=O)c1ccccc1O)CC2. The molecule has 3 aromatic rings. The van der Waals surface area contributed by atoms with E-state index in [0.29, 0.717) is 30.0 Å². The number of benzene rings is 3. The monoisotopic (exact) mass is 389 g/mol. The maximum absolute atomic E-state index is 13.4. The molecule has 1 atom stereocenters. The Hall–Kier alpha value is -3.47. The molecule has 1 unspecified atom stereocenters. The van der Waals surface area contributed by atoms with Gasteiger partial charge in [-0.25, -0.2) is 0 Å². The molecule has 3 aromatic carbocycles. The molecule has 1 aliphatic heterocycles. The topological polar surface area (TPSA) is 59.0 Å². The van der Waals surface area contributed by atoms with E-state index in [0.717, 1.165) is 16.7 Å². The minimum absolute atomic E-state index is 0.0116. The third kappa shape index (κ3) is 3.40. The molecule has 1 aliphatic rings. The van der Waals surface area contributed by atoms with Gasteiger partial charge >= 0.3 is 0 Å². The maximum Gasteiger partial charge on any atom is 0.258 e. The van der Waals surface area contributed by atoms with Crippen molar-refractivity contribution in [3.63, 3.8) is 0 Å². The van der Waals surface area contributed by atoms with Gasteiger partial charge in [-0.1, -0.05) is 42.5 Å². The summed E-state index contributed by atoms with van der Waals surface area (Å²) in [6.07, 6.45) is 0.693. The van der Waals surface area contributed by atoms with Gasteiger partial charge in [0, 0.05) is 6.54 Å². The predicted octanol–water partition coefficient (Wildman–Crippen LogP) is 4.20. The Bertz CT molecular complexity index is 1030. The summed E-state index contributed by atoms with van der Waals surface area (Å²) in [4.78, 5) is 15.2.